The number of benzene rings is 1. The maximum absolute atomic E-state index is 13.8. The normalized spacial score (nSPS) is 10.8. The Morgan fingerprint density at radius 1 is 1.26 bits per heavy atom. The number of hydrogen-bond donors (Lipinski definition) is 3. The lowest BCUT2D eigenvalue weighted by atomic mass is 10.1. The van der Waals surface area contributed by atoms with Gasteiger partial charge in [0.05, 0.1) is 11.1 Å². The summed E-state index contributed by atoms with van der Waals surface area (Å²) < 4.78 is 32.2. The molecule has 0 amide bonds. The lowest BCUT2D eigenvalue weighted by Crippen LogP contribution is -2.24. The molecule has 27 heavy (non-hydrogen) atoms. The van der Waals surface area contributed by atoms with Gasteiger partial charge >= 0.3 is 11.7 Å². The van der Waals surface area contributed by atoms with E-state index in [2.05, 4.69) is 20.3 Å². The van der Waals surface area contributed by atoms with Crippen LogP contribution >= 0.6 is 0 Å². The van der Waals surface area contributed by atoms with Gasteiger partial charge in [-0.3, -0.25) is 19.6 Å². The van der Waals surface area contributed by atoms with E-state index < -0.39 is 28.9 Å². The molecule has 0 bridgehead atoms. The summed E-state index contributed by atoms with van der Waals surface area (Å²) in [5.41, 5.74) is -0.835. The predicted molar refractivity (Wildman–Crippen MR) is 92.1 cm³/mol. The van der Waals surface area contributed by atoms with Crippen molar-refractivity contribution < 1.29 is 18.3 Å². The quantitative estimate of drug-likeness (QED) is 0.582. The van der Waals surface area contributed by atoms with Gasteiger partial charge in [0.25, 0.3) is 5.56 Å². The van der Waals surface area contributed by atoms with Gasteiger partial charge in [0, 0.05) is 25.2 Å². The molecule has 0 saturated carbocycles. The molecule has 10 heteroatoms. The Morgan fingerprint density at radius 2 is 2.04 bits per heavy atom. The lowest BCUT2D eigenvalue weighted by Gasteiger charge is -2.14. The van der Waals surface area contributed by atoms with Gasteiger partial charge in [-0.15, -0.1) is 0 Å². The number of fused-ring (bicyclic) bond motifs is 1. The van der Waals surface area contributed by atoms with Crippen molar-refractivity contribution in [3.05, 3.63) is 68.0 Å². The van der Waals surface area contributed by atoms with Crippen molar-refractivity contribution in [3.8, 4) is 0 Å². The largest absolute Gasteiger partial charge is 0.461 e. The van der Waals surface area contributed by atoms with Gasteiger partial charge in [-0.2, -0.15) is 0 Å². The van der Waals surface area contributed by atoms with E-state index in [1.165, 1.54) is 13.1 Å². The molecule has 0 saturated heterocycles. The Hall–Kier alpha value is -3.56. The lowest BCUT2D eigenvalue weighted by molar-refractivity contribution is -0.142. The van der Waals surface area contributed by atoms with Crippen LogP contribution in [-0.4, -0.2) is 20.9 Å². The van der Waals surface area contributed by atoms with Crippen LogP contribution in [0, 0.1) is 11.6 Å². The molecule has 0 atom stereocenters. The SMILES string of the molecule is CC(=O)OCc1cnc2[nH]c(=O)[nH]c(=O)c2c1CNc1cc(F)ccc1F. The maximum Gasteiger partial charge on any atom is 0.327 e. The average molecular weight is 376 g/mol. The van der Waals surface area contributed by atoms with Gasteiger partial charge in [-0.05, 0) is 23.8 Å². The molecule has 3 N–H and O–H groups in total. The summed E-state index contributed by atoms with van der Waals surface area (Å²) in [7, 11) is 0. The minimum Gasteiger partial charge on any atom is -0.461 e. The van der Waals surface area contributed by atoms with Gasteiger partial charge < -0.3 is 10.1 Å². The van der Waals surface area contributed by atoms with Crippen LogP contribution in [0.2, 0.25) is 0 Å². The van der Waals surface area contributed by atoms with E-state index in [9.17, 15) is 23.2 Å². The summed E-state index contributed by atoms with van der Waals surface area (Å²) in [4.78, 5) is 43.3. The number of nitrogens with zero attached hydrogens (tertiary/aromatic N) is 1. The fraction of sp³-hybridized carbons (Fsp3) is 0.176. The molecule has 140 valence electrons. The number of halogens is 2. The van der Waals surface area contributed by atoms with Crippen molar-refractivity contribution in [1.82, 2.24) is 15.0 Å². The van der Waals surface area contributed by atoms with Crippen LogP contribution in [0.3, 0.4) is 0 Å². The highest BCUT2D eigenvalue weighted by Crippen LogP contribution is 2.21. The molecule has 0 aliphatic carbocycles. The Labute approximate surface area is 150 Å². The van der Waals surface area contributed by atoms with Crippen molar-refractivity contribution in [1.29, 1.82) is 0 Å². The molecule has 0 aliphatic heterocycles. The van der Waals surface area contributed by atoms with Gasteiger partial charge in [-0.25, -0.2) is 18.6 Å². The number of aromatic amines is 2. The minimum atomic E-state index is -0.733. The van der Waals surface area contributed by atoms with Gasteiger partial charge in [0.15, 0.2) is 0 Å². The molecular formula is C17H14F2N4O4. The fourth-order valence-corrected chi connectivity index (χ4v) is 2.55. The Bertz CT molecular complexity index is 1140. The number of pyridine rings is 1. The van der Waals surface area contributed by atoms with E-state index in [-0.39, 0.29) is 29.9 Å². The molecule has 2 heterocycles. The number of carbonyl (C=O) groups is 1. The zero-order valence-corrected chi connectivity index (χ0v) is 14.1. The molecule has 1 aromatic carbocycles. The van der Waals surface area contributed by atoms with Crippen molar-refractivity contribution >= 4 is 22.7 Å². The first-order chi connectivity index (χ1) is 12.8. The highest BCUT2D eigenvalue weighted by molar-refractivity contribution is 5.79. The first kappa shape index (κ1) is 18.2. The highest BCUT2D eigenvalue weighted by Gasteiger charge is 2.15. The maximum atomic E-state index is 13.8. The zero-order valence-electron chi connectivity index (χ0n) is 14.1. The van der Waals surface area contributed by atoms with Crippen LogP contribution in [-0.2, 0) is 22.7 Å². The van der Waals surface area contributed by atoms with Gasteiger partial charge in [-0.1, -0.05) is 0 Å². The van der Waals surface area contributed by atoms with E-state index in [1.807, 2.05) is 0 Å². The van der Waals surface area contributed by atoms with Crippen molar-refractivity contribution in [2.24, 2.45) is 0 Å². The summed E-state index contributed by atoms with van der Waals surface area (Å²) in [6.45, 7) is 0.934. The smallest absolute Gasteiger partial charge is 0.327 e. The Kier molecular flexibility index (Phi) is 4.97. The highest BCUT2D eigenvalue weighted by atomic mass is 19.1. The molecule has 0 fully saturated rings. The summed E-state index contributed by atoms with van der Waals surface area (Å²) in [5, 5.41) is 2.75. The minimum absolute atomic E-state index is 0.0202. The standard InChI is InChI=1S/C17H14F2N4O4/c1-8(24)27-7-9-5-21-15-14(16(25)23-17(26)22-15)11(9)6-20-13-4-10(18)2-3-12(13)19/h2-5,20H,6-7H2,1H3,(H2,21,22,23,25,26). The number of carbonyl (C=O) groups excluding carboxylic acids is 1. The van der Waals surface area contributed by atoms with Crippen LogP contribution in [0.4, 0.5) is 14.5 Å². The number of hydrogen-bond acceptors (Lipinski definition) is 6. The molecule has 0 unspecified atom stereocenters. The van der Waals surface area contributed by atoms with Crippen molar-refractivity contribution in [3.63, 3.8) is 0 Å². The van der Waals surface area contributed by atoms with Crippen molar-refractivity contribution in [2.75, 3.05) is 5.32 Å². The van der Waals surface area contributed by atoms with E-state index in [0.717, 1.165) is 18.2 Å². The van der Waals surface area contributed by atoms with Crippen LogP contribution in [0.5, 0.6) is 0 Å². The molecular weight excluding hydrogens is 362 g/mol. The molecule has 8 nitrogen and oxygen atoms in total. The Balaban J connectivity index is 2.07. The van der Waals surface area contributed by atoms with Crippen LogP contribution in [0.25, 0.3) is 11.0 Å². The van der Waals surface area contributed by atoms with Crippen LogP contribution < -0.4 is 16.6 Å². The molecule has 0 spiro atoms. The molecule has 3 rings (SSSR count). The predicted octanol–water partition coefficient (Wildman–Crippen LogP) is 1.56. The number of nitrogens with one attached hydrogen (secondary N) is 3. The number of aromatic nitrogens is 3. The Morgan fingerprint density at radius 3 is 2.78 bits per heavy atom. The number of anilines is 1. The third kappa shape index (κ3) is 4.00. The third-order valence-electron chi connectivity index (χ3n) is 3.78. The number of ether oxygens (including phenoxy) is 1. The summed E-state index contributed by atoms with van der Waals surface area (Å²) in [5.74, 6) is -1.86. The van der Waals surface area contributed by atoms with E-state index in [4.69, 9.17) is 4.74 Å². The van der Waals surface area contributed by atoms with Gasteiger partial charge in [0.2, 0.25) is 0 Å². The first-order valence-corrected chi connectivity index (χ1v) is 7.80. The van der Waals surface area contributed by atoms with Crippen LogP contribution in [0.15, 0.2) is 34.0 Å². The molecule has 3 aromatic rings. The van der Waals surface area contributed by atoms with Crippen LogP contribution in [0.1, 0.15) is 18.1 Å². The molecule has 0 radical (unpaired) electrons. The molecule has 0 aliphatic rings. The second kappa shape index (κ2) is 7.36. The summed E-state index contributed by atoms with van der Waals surface area (Å²) in [6.07, 6.45) is 1.33. The molecule has 2 aromatic heterocycles. The monoisotopic (exact) mass is 376 g/mol. The first-order valence-electron chi connectivity index (χ1n) is 7.80. The van der Waals surface area contributed by atoms with Gasteiger partial charge in [0.1, 0.15) is 23.9 Å². The summed E-state index contributed by atoms with van der Waals surface area (Å²) >= 11 is 0. The van der Waals surface area contributed by atoms with E-state index in [0.29, 0.717) is 11.1 Å². The number of H-pyrrole nitrogens is 2. The number of esters is 1. The summed E-state index contributed by atoms with van der Waals surface area (Å²) in [6, 6.07) is 2.91. The third-order valence-corrected chi connectivity index (χ3v) is 3.78. The zero-order chi connectivity index (χ0) is 19.6. The number of rotatable bonds is 5. The fourth-order valence-electron chi connectivity index (χ4n) is 2.55. The van der Waals surface area contributed by atoms with E-state index >= 15 is 0 Å². The second-order valence-corrected chi connectivity index (χ2v) is 5.65. The average Bonchev–Trinajstić information content (AvgIpc) is 2.60. The topological polar surface area (TPSA) is 117 Å². The second-order valence-electron chi connectivity index (χ2n) is 5.65. The van der Waals surface area contributed by atoms with E-state index in [1.54, 1.807) is 0 Å². The van der Waals surface area contributed by atoms with Crippen molar-refractivity contribution in [2.45, 2.75) is 20.1 Å².